The molecule has 0 aliphatic carbocycles. The monoisotopic (exact) mass is 250 g/mol. The van der Waals surface area contributed by atoms with E-state index in [4.69, 9.17) is 15.8 Å². The van der Waals surface area contributed by atoms with E-state index < -0.39 is 7.12 Å². The van der Waals surface area contributed by atoms with Gasteiger partial charge in [-0.15, -0.1) is 0 Å². The zero-order valence-corrected chi connectivity index (χ0v) is 11.0. The van der Waals surface area contributed by atoms with Gasteiger partial charge in [0.1, 0.15) is 0 Å². The van der Waals surface area contributed by atoms with E-state index in [0.717, 1.165) is 37.8 Å². The zero-order chi connectivity index (χ0) is 13.4. The number of aryl methyl sites for hydroxylation is 1. The van der Waals surface area contributed by atoms with Crippen LogP contribution >= 0.6 is 0 Å². The molecule has 100 valence electrons. The second-order valence-electron chi connectivity index (χ2n) is 5.20. The van der Waals surface area contributed by atoms with Crippen LogP contribution in [-0.4, -0.2) is 27.7 Å². The van der Waals surface area contributed by atoms with Crippen LogP contribution in [0.25, 0.3) is 0 Å². The molecule has 0 bridgehead atoms. The van der Waals surface area contributed by atoms with Gasteiger partial charge in [0.15, 0.2) is 0 Å². The van der Waals surface area contributed by atoms with Crippen molar-refractivity contribution >= 4 is 7.12 Å². The number of nitrogens with two attached hydrogens (primary N) is 1. The maximum absolute atomic E-state index is 8.75. The molecule has 4 nitrogen and oxygen atoms in total. The summed E-state index contributed by atoms with van der Waals surface area (Å²) >= 11 is 0. The molecule has 1 unspecified atom stereocenters. The van der Waals surface area contributed by atoms with Crippen molar-refractivity contribution < 1.29 is 10.0 Å². The van der Waals surface area contributed by atoms with Crippen LogP contribution in [0.15, 0.2) is 24.4 Å². The molecule has 18 heavy (non-hydrogen) atoms. The van der Waals surface area contributed by atoms with E-state index in [9.17, 15) is 0 Å². The fraction of sp³-hybridized carbons (Fsp3) is 0.615. The van der Waals surface area contributed by atoms with Gasteiger partial charge in [0.05, 0.1) is 0 Å². The van der Waals surface area contributed by atoms with E-state index in [1.165, 1.54) is 0 Å². The summed E-state index contributed by atoms with van der Waals surface area (Å²) in [5, 5.41) is 17.5. The third-order valence-electron chi connectivity index (χ3n) is 3.14. The van der Waals surface area contributed by atoms with Crippen molar-refractivity contribution in [1.82, 2.24) is 4.98 Å². The normalized spacial score (nSPS) is 14.2. The third kappa shape index (κ3) is 6.74. The number of aromatic nitrogens is 1. The smallest absolute Gasteiger partial charge is 0.427 e. The molecule has 1 rings (SSSR count). The van der Waals surface area contributed by atoms with Crippen molar-refractivity contribution in [3.63, 3.8) is 0 Å². The van der Waals surface area contributed by atoms with E-state index in [1.807, 2.05) is 25.1 Å². The van der Waals surface area contributed by atoms with Crippen LogP contribution in [0.2, 0.25) is 6.32 Å². The van der Waals surface area contributed by atoms with Gasteiger partial charge in [-0.3, -0.25) is 4.98 Å². The average molecular weight is 250 g/mol. The number of hydrogen-bond acceptors (Lipinski definition) is 4. The minimum absolute atomic E-state index is 0.210. The number of nitrogens with zero attached hydrogens (tertiary/aromatic N) is 1. The van der Waals surface area contributed by atoms with Gasteiger partial charge in [-0.05, 0) is 44.6 Å². The quantitative estimate of drug-likeness (QED) is 0.481. The molecular formula is C13H23BN2O2. The highest BCUT2D eigenvalue weighted by molar-refractivity contribution is 6.40. The molecule has 0 aliphatic rings. The van der Waals surface area contributed by atoms with Gasteiger partial charge < -0.3 is 15.8 Å². The first-order valence-electron chi connectivity index (χ1n) is 6.54. The Balaban J connectivity index is 2.23. The average Bonchev–Trinajstić information content (AvgIpc) is 2.34. The maximum atomic E-state index is 8.75. The molecule has 0 radical (unpaired) electrons. The van der Waals surface area contributed by atoms with Gasteiger partial charge in [-0.1, -0.05) is 18.9 Å². The standard InChI is InChI=1S/C13H23BN2O2/c1-13(15,8-3-4-10-14(17)18)9-7-12-6-2-5-11-16-12/h2,5-6,11,17-18H,3-4,7-10,15H2,1H3. The van der Waals surface area contributed by atoms with E-state index in [1.54, 1.807) is 6.20 Å². The van der Waals surface area contributed by atoms with Crippen LogP contribution in [0, 0.1) is 0 Å². The molecule has 0 fully saturated rings. The van der Waals surface area contributed by atoms with Gasteiger partial charge in [0, 0.05) is 17.4 Å². The zero-order valence-electron chi connectivity index (χ0n) is 11.0. The SMILES string of the molecule is CC(N)(CCCCB(O)O)CCc1ccccn1. The molecule has 0 spiro atoms. The Morgan fingerprint density at radius 3 is 2.67 bits per heavy atom. The van der Waals surface area contributed by atoms with Crippen molar-refractivity contribution in [3.05, 3.63) is 30.1 Å². The molecule has 0 saturated heterocycles. The van der Waals surface area contributed by atoms with E-state index in [-0.39, 0.29) is 5.54 Å². The summed E-state index contributed by atoms with van der Waals surface area (Å²) in [6.45, 7) is 2.05. The minimum Gasteiger partial charge on any atom is -0.427 e. The maximum Gasteiger partial charge on any atom is 0.451 e. The van der Waals surface area contributed by atoms with Crippen molar-refractivity contribution in [2.45, 2.75) is 50.9 Å². The predicted octanol–water partition coefficient (Wildman–Crippen LogP) is 1.37. The highest BCUT2D eigenvalue weighted by Gasteiger charge is 2.18. The minimum atomic E-state index is -1.19. The Labute approximate surface area is 109 Å². The Morgan fingerprint density at radius 2 is 2.06 bits per heavy atom. The van der Waals surface area contributed by atoms with Crippen LogP contribution < -0.4 is 5.73 Å². The molecule has 0 amide bonds. The van der Waals surface area contributed by atoms with Crippen molar-refractivity contribution in [2.24, 2.45) is 5.73 Å². The van der Waals surface area contributed by atoms with Crippen molar-refractivity contribution in [3.8, 4) is 0 Å². The number of rotatable bonds is 8. The fourth-order valence-corrected chi connectivity index (χ4v) is 1.94. The van der Waals surface area contributed by atoms with Gasteiger partial charge in [0.25, 0.3) is 0 Å². The summed E-state index contributed by atoms with van der Waals surface area (Å²) in [4.78, 5) is 4.28. The van der Waals surface area contributed by atoms with Crippen LogP contribution in [-0.2, 0) is 6.42 Å². The van der Waals surface area contributed by atoms with Gasteiger partial charge >= 0.3 is 7.12 Å². The molecule has 4 N–H and O–H groups in total. The third-order valence-corrected chi connectivity index (χ3v) is 3.14. The van der Waals surface area contributed by atoms with Crippen LogP contribution in [0.4, 0.5) is 0 Å². The molecule has 0 aliphatic heterocycles. The Hall–Kier alpha value is -0.905. The lowest BCUT2D eigenvalue weighted by Gasteiger charge is -2.24. The Bertz CT molecular complexity index is 331. The molecule has 1 aromatic rings. The summed E-state index contributed by atoms with van der Waals surface area (Å²) in [6.07, 6.45) is 6.62. The molecular weight excluding hydrogens is 227 g/mol. The summed E-state index contributed by atoms with van der Waals surface area (Å²) in [5.41, 5.74) is 7.09. The summed E-state index contributed by atoms with van der Waals surface area (Å²) in [6, 6.07) is 5.91. The number of unbranched alkanes of at least 4 members (excludes halogenated alkanes) is 1. The number of pyridine rings is 1. The lowest BCUT2D eigenvalue weighted by atomic mass is 9.81. The highest BCUT2D eigenvalue weighted by Crippen LogP contribution is 2.18. The molecule has 1 aromatic heterocycles. The molecule has 1 atom stereocenters. The second-order valence-corrected chi connectivity index (χ2v) is 5.20. The van der Waals surface area contributed by atoms with Crippen molar-refractivity contribution in [1.29, 1.82) is 0 Å². The lowest BCUT2D eigenvalue weighted by Crippen LogP contribution is -2.36. The van der Waals surface area contributed by atoms with Crippen LogP contribution in [0.5, 0.6) is 0 Å². The van der Waals surface area contributed by atoms with Gasteiger partial charge in [-0.2, -0.15) is 0 Å². The lowest BCUT2D eigenvalue weighted by molar-refractivity contribution is 0.374. The van der Waals surface area contributed by atoms with E-state index in [0.29, 0.717) is 6.32 Å². The summed E-state index contributed by atoms with van der Waals surface area (Å²) < 4.78 is 0. The van der Waals surface area contributed by atoms with Crippen LogP contribution in [0.1, 0.15) is 38.3 Å². The summed E-state index contributed by atoms with van der Waals surface area (Å²) in [5.74, 6) is 0. The first kappa shape index (κ1) is 15.2. The van der Waals surface area contributed by atoms with Gasteiger partial charge in [0.2, 0.25) is 0 Å². The molecule has 0 aromatic carbocycles. The van der Waals surface area contributed by atoms with Gasteiger partial charge in [-0.25, -0.2) is 0 Å². The first-order valence-corrected chi connectivity index (χ1v) is 6.54. The van der Waals surface area contributed by atoms with E-state index >= 15 is 0 Å². The highest BCUT2D eigenvalue weighted by atomic mass is 16.4. The number of hydrogen-bond donors (Lipinski definition) is 3. The Kier molecular flexibility index (Phi) is 6.32. The Morgan fingerprint density at radius 1 is 1.28 bits per heavy atom. The predicted molar refractivity (Wildman–Crippen MR) is 74.0 cm³/mol. The molecule has 0 saturated carbocycles. The van der Waals surface area contributed by atoms with Crippen LogP contribution in [0.3, 0.4) is 0 Å². The largest absolute Gasteiger partial charge is 0.451 e. The fourth-order valence-electron chi connectivity index (χ4n) is 1.94. The second kappa shape index (κ2) is 7.51. The van der Waals surface area contributed by atoms with E-state index in [2.05, 4.69) is 4.98 Å². The molecule has 1 heterocycles. The topological polar surface area (TPSA) is 79.4 Å². The first-order chi connectivity index (χ1) is 8.49. The molecule has 5 heteroatoms. The van der Waals surface area contributed by atoms with Crippen molar-refractivity contribution in [2.75, 3.05) is 0 Å². The summed E-state index contributed by atoms with van der Waals surface area (Å²) in [7, 11) is -1.19.